The van der Waals surface area contributed by atoms with Gasteiger partial charge >= 0.3 is 0 Å². The number of hydrogen-bond acceptors (Lipinski definition) is 2. The molecule has 2 aromatic carbocycles. The monoisotopic (exact) mass is 346 g/mol. The minimum absolute atomic E-state index is 0.862. The maximum absolute atomic E-state index is 4.66. The highest BCUT2D eigenvalue weighted by atomic mass is 14.8. The van der Waals surface area contributed by atoms with E-state index in [1.54, 1.807) is 0 Å². The number of unbranched alkanes of at least 4 members (excludes halogenated alkanes) is 3. The van der Waals surface area contributed by atoms with Gasteiger partial charge in [0.2, 0.25) is 0 Å². The average molecular weight is 347 g/mol. The molecule has 0 bridgehead atoms. The number of aromatic nitrogens is 1. The molecule has 1 heterocycles. The van der Waals surface area contributed by atoms with Crippen molar-refractivity contribution in [1.82, 2.24) is 10.3 Å². The number of pyridine rings is 1. The lowest BCUT2D eigenvalue weighted by atomic mass is 9.96. The second kappa shape index (κ2) is 9.49. The van der Waals surface area contributed by atoms with Gasteiger partial charge in [-0.05, 0) is 47.7 Å². The van der Waals surface area contributed by atoms with Crippen LogP contribution in [-0.2, 0) is 13.0 Å². The fourth-order valence-electron chi connectivity index (χ4n) is 3.49. The first-order valence-electron chi connectivity index (χ1n) is 10.00. The van der Waals surface area contributed by atoms with Crippen molar-refractivity contribution in [2.75, 3.05) is 6.54 Å². The van der Waals surface area contributed by atoms with Crippen molar-refractivity contribution >= 4 is 10.9 Å². The summed E-state index contributed by atoms with van der Waals surface area (Å²) in [4.78, 5) is 4.66. The van der Waals surface area contributed by atoms with Crippen molar-refractivity contribution in [2.45, 2.75) is 52.5 Å². The average Bonchev–Trinajstić information content (AvgIpc) is 2.70. The Bertz CT molecular complexity index is 821. The van der Waals surface area contributed by atoms with Gasteiger partial charge in [-0.25, -0.2) is 0 Å². The predicted octanol–water partition coefficient (Wildman–Crippen LogP) is 6.13. The molecule has 0 radical (unpaired) electrons. The van der Waals surface area contributed by atoms with Crippen LogP contribution in [0.15, 0.2) is 54.7 Å². The van der Waals surface area contributed by atoms with E-state index in [1.807, 2.05) is 12.3 Å². The summed E-state index contributed by atoms with van der Waals surface area (Å²) in [6.07, 6.45) is 8.34. The molecule has 1 N–H and O–H groups in total. The molecule has 0 aliphatic heterocycles. The molecule has 0 spiro atoms. The van der Waals surface area contributed by atoms with E-state index >= 15 is 0 Å². The highest BCUT2D eigenvalue weighted by Gasteiger charge is 2.08. The molecule has 0 atom stereocenters. The number of hydrogen-bond donors (Lipinski definition) is 1. The zero-order valence-corrected chi connectivity index (χ0v) is 16.1. The maximum Gasteiger partial charge on any atom is 0.0753 e. The van der Waals surface area contributed by atoms with Gasteiger partial charge in [-0.15, -0.1) is 0 Å². The molecule has 0 saturated carbocycles. The minimum atomic E-state index is 0.862. The van der Waals surface area contributed by atoms with Crippen LogP contribution in [0.4, 0.5) is 0 Å². The molecule has 0 aliphatic carbocycles. The Hall–Kier alpha value is -2.19. The van der Waals surface area contributed by atoms with Crippen molar-refractivity contribution in [3.8, 4) is 11.1 Å². The van der Waals surface area contributed by atoms with Crippen molar-refractivity contribution in [2.24, 2.45) is 0 Å². The smallest absolute Gasteiger partial charge is 0.0753 e. The molecule has 0 aliphatic rings. The third-order valence-corrected chi connectivity index (χ3v) is 5.00. The molecule has 0 fully saturated rings. The Balaban J connectivity index is 1.84. The zero-order valence-electron chi connectivity index (χ0n) is 16.1. The maximum atomic E-state index is 4.66. The minimum Gasteiger partial charge on any atom is -0.313 e. The normalized spacial score (nSPS) is 11.2. The number of nitrogens with zero attached hydrogens (tertiary/aromatic N) is 1. The number of fused-ring (bicyclic) bond motifs is 1. The topological polar surface area (TPSA) is 24.9 Å². The Morgan fingerprint density at radius 2 is 1.73 bits per heavy atom. The van der Waals surface area contributed by atoms with Crippen molar-refractivity contribution < 1.29 is 0 Å². The third-order valence-electron chi connectivity index (χ3n) is 5.00. The second-order valence-corrected chi connectivity index (χ2v) is 6.96. The lowest BCUT2D eigenvalue weighted by Crippen LogP contribution is -2.12. The van der Waals surface area contributed by atoms with Crippen molar-refractivity contribution in [3.63, 3.8) is 0 Å². The molecule has 136 valence electrons. The van der Waals surface area contributed by atoms with E-state index in [2.05, 4.69) is 66.6 Å². The van der Waals surface area contributed by atoms with Gasteiger partial charge in [0.1, 0.15) is 0 Å². The van der Waals surface area contributed by atoms with Crippen LogP contribution in [0, 0.1) is 0 Å². The van der Waals surface area contributed by atoms with E-state index in [0.29, 0.717) is 0 Å². The summed E-state index contributed by atoms with van der Waals surface area (Å²) in [5.41, 5.74) is 6.35. The Kier molecular flexibility index (Phi) is 6.79. The van der Waals surface area contributed by atoms with E-state index in [1.165, 1.54) is 59.7 Å². The Morgan fingerprint density at radius 1 is 0.885 bits per heavy atom. The van der Waals surface area contributed by atoms with Crippen molar-refractivity contribution in [1.29, 1.82) is 0 Å². The molecule has 2 nitrogen and oxygen atoms in total. The van der Waals surface area contributed by atoms with Gasteiger partial charge in [0.25, 0.3) is 0 Å². The summed E-state index contributed by atoms with van der Waals surface area (Å²) >= 11 is 0. The van der Waals surface area contributed by atoms with E-state index < -0.39 is 0 Å². The lowest BCUT2D eigenvalue weighted by molar-refractivity contribution is 0.667. The molecule has 0 saturated heterocycles. The van der Waals surface area contributed by atoms with Gasteiger partial charge in [0, 0.05) is 18.1 Å². The summed E-state index contributed by atoms with van der Waals surface area (Å²) < 4.78 is 0. The van der Waals surface area contributed by atoms with Crippen LogP contribution in [0.3, 0.4) is 0 Å². The number of rotatable bonds is 9. The highest BCUT2D eigenvalue weighted by molar-refractivity contribution is 5.96. The first kappa shape index (κ1) is 18.6. The SMILES string of the molecule is CCCCCCc1ccc(-c2ccc(CNCC)c3ncccc23)cc1. The fourth-order valence-corrected chi connectivity index (χ4v) is 3.49. The van der Waals surface area contributed by atoms with Gasteiger partial charge in [-0.1, -0.05) is 75.6 Å². The summed E-state index contributed by atoms with van der Waals surface area (Å²) in [5, 5.41) is 4.65. The molecule has 2 heteroatoms. The van der Waals surface area contributed by atoms with Crippen LogP contribution in [0.2, 0.25) is 0 Å². The molecular weight excluding hydrogens is 316 g/mol. The summed E-state index contributed by atoms with van der Waals surface area (Å²) in [5.74, 6) is 0. The highest BCUT2D eigenvalue weighted by Crippen LogP contribution is 2.30. The van der Waals surface area contributed by atoms with Crippen LogP contribution in [0.25, 0.3) is 22.0 Å². The van der Waals surface area contributed by atoms with Gasteiger partial charge in [-0.2, -0.15) is 0 Å². The second-order valence-electron chi connectivity index (χ2n) is 6.96. The van der Waals surface area contributed by atoms with Gasteiger partial charge in [-0.3, -0.25) is 4.98 Å². The summed E-state index contributed by atoms with van der Waals surface area (Å²) in [6.45, 7) is 6.22. The Labute approximate surface area is 157 Å². The van der Waals surface area contributed by atoms with E-state index in [0.717, 1.165) is 18.6 Å². The van der Waals surface area contributed by atoms with Crippen molar-refractivity contribution in [3.05, 3.63) is 65.9 Å². The van der Waals surface area contributed by atoms with E-state index in [-0.39, 0.29) is 0 Å². The molecule has 26 heavy (non-hydrogen) atoms. The Morgan fingerprint density at radius 3 is 2.50 bits per heavy atom. The number of benzene rings is 2. The predicted molar refractivity (Wildman–Crippen MR) is 112 cm³/mol. The number of aryl methyl sites for hydroxylation is 1. The fraction of sp³-hybridized carbons (Fsp3) is 0.375. The summed E-state index contributed by atoms with van der Waals surface area (Å²) in [6, 6.07) is 17.8. The third kappa shape index (κ3) is 4.50. The van der Waals surface area contributed by atoms with Gasteiger partial charge < -0.3 is 5.32 Å². The van der Waals surface area contributed by atoms with Crippen LogP contribution < -0.4 is 5.32 Å². The van der Waals surface area contributed by atoms with Crippen LogP contribution in [0.1, 0.15) is 50.7 Å². The molecule has 0 unspecified atom stereocenters. The van der Waals surface area contributed by atoms with E-state index in [4.69, 9.17) is 0 Å². The van der Waals surface area contributed by atoms with Gasteiger partial charge in [0.05, 0.1) is 5.52 Å². The van der Waals surface area contributed by atoms with Gasteiger partial charge in [0.15, 0.2) is 0 Å². The quantitative estimate of drug-likeness (QED) is 0.471. The first-order valence-corrected chi connectivity index (χ1v) is 10.00. The van der Waals surface area contributed by atoms with Crippen LogP contribution in [0.5, 0.6) is 0 Å². The van der Waals surface area contributed by atoms with Crippen LogP contribution >= 0.6 is 0 Å². The zero-order chi connectivity index (χ0) is 18.2. The molecule has 3 aromatic rings. The molecule has 0 amide bonds. The standard InChI is InChI=1S/C24H30N2/c1-3-5-6-7-9-19-11-13-20(14-12-19)22-16-15-21(18-25-4-2)24-23(22)10-8-17-26-24/h8,10-17,25H,3-7,9,18H2,1-2H3. The first-order chi connectivity index (χ1) is 12.8. The van der Waals surface area contributed by atoms with E-state index in [9.17, 15) is 0 Å². The largest absolute Gasteiger partial charge is 0.313 e. The molecular formula is C24H30N2. The lowest BCUT2D eigenvalue weighted by Gasteiger charge is -2.12. The molecule has 1 aromatic heterocycles. The number of nitrogens with one attached hydrogen (secondary N) is 1. The van der Waals surface area contributed by atoms with Crippen LogP contribution in [-0.4, -0.2) is 11.5 Å². The molecule has 3 rings (SSSR count). The summed E-state index contributed by atoms with van der Waals surface area (Å²) in [7, 11) is 0.